The maximum Gasteiger partial charge on any atom is 0.243 e. The lowest BCUT2D eigenvalue weighted by molar-refractivity contribution is 0.335. The minimum Gasteiger partial charge on any atom is -0.313 e. The Balaban J connectivity index is 2.17. The highest BCUT2D eigenvalue weighted by molar-refractivity contribution is 7.89. The largest absolute Gasteiger partial charge is 0.313 e. The lowest BCUT2D eigenvalue weighted by Crippen LogP contribution is -2.38. The second-order valence-electron chi connectivity index (χ2n) is 5.57. The Bertz CT molecular complexity index is 534. The molecule has 1 N–H and O–H groups in total. The van der Waals surface area contributed by atoms with Gasteiger partial charge in [-0.25, -0.2) is 8.42 Å². The number of sulfonamides is 1. The summed E-state index contributed by atoms with van der Waals surface area (Å²) in [5.74, 6) is 0. The molecular formula is C16H26N2O2S. The third-order valence-electron chi connectivity index (χ3n) is 4.15. The van der Waals surface area contributed by atoms with Crippen molar-refractivity contribution in [1.82, 2.24) is 9.62 Å². The first-order chi connectivity index (χ1) is 10.1. The number of nitrogens with one attached hydrogen (secondary N) is 1. The van der Waals surface area contributed by atoms with Crippen LogP contribution in [0.25, 0.3) is 0 Å². The first-order valence-corrected chi connectivity index (χ1v) is 9.35. The van der Waals surface area contributed by atoms with Crippen LogP contribution in [0.4, 0.5) is 0 Å². The minimum atomic E-state index is -3.36. The van der Waals surface area contributed by atoms with Crippen molar-refractivity contribution >= 4 is 10.0 Å². The Kier molecular flexibility index (Phi) is 5.79. The summed E-state index contributed by atoms with van der Waals surface area (Å²) in [6.07, 6.45) is 4.26. The number of hydrogen-bond acceptors (Lipinski definition) is 3. The van der Waals surface area contributed by atoms with Gasteiger partial charge in [0.2, 0.25) is 10.0 Å². The molecule has 0 aromatic heterocycles. The number of benzene rings is 1. The Morgan fingerprint density at radius 3 is 2.29 bits per heavy atom. The van der Waals surface area contributed by atoms with E-state index in [1.165, 1.54) is 0 Å². The molecular weight excluding hydrogens is 284 g/mol. The zero-order chi connectivity index (χ0) is 15.3. The fourth-order valence-corrected chi connectivity index (χ4v) is 4.69. The Morgan fingerprint density at radius 1 is 1.14 bits per heavy atom. The van der Waals surface area contributed by atoms with Gasteiger partial charge in [0.15, 0.2) is 0 Å². The van der Waals surface area contributed by atoms with Crippen LogP contribution in [0.5, 0.6) is 0 Å². The Labute approximate surface area is 128 Å². The van der Waals surface area contributed by atoms with Gasteiger partial charge < -0.3 is 5.32 Å². The molecule has 0 spiro atoms. The van der Waals surface area contributed by atoms with Gasteiger partial charge >= 0.3 is 0 Å². The van der Waals surface area contributed by atoms with Crippen LogP contribution < -0.4 is 5.32 Å². The Hall–Kier alpha value is -0.910. The van der Waals surface area contributed by atoms with E-state index >= 15 is 0 Å². The topological polar surface area (TPSA) is 49.4 Å². The van der Waals surface area contributed by atoms with Crippen molar-refractivity contribution in [3.05, 3.63) is 29.8 Å². The van der Waals surface area contributed by atoms with Crippen molar-refractivity contribution in [1.29, 1.82) is 0 Å². The minimum absolute atomic E-state index is 0.182. The third-order valence-corrected chi connectivity index (χ3v) is 6.19. The van der Waals surface area contributed by atoms with E-state index in [0.29, 0.717) is 11.4 Å². The SMILES string of the molecule is CCNCc1ccc(S(=O)(=O)N(CC)C2CCCC2)cc1. The van der Waals surface area contributed by atoms with E-state index in [1.54, 1.807) is 16.4 Å². The molecule has 0 aliphatic heterocycles. The molecule has 118 valence electrons. The summed E-state index contributed by atoms with van der Waals surface area (Å²) in [5.41, 5.74) is 1.11. The zero-order valence-corrected chi connectivity index (χ0v) is 13.8. The van der Waals surface area contributed by atoms with E-state index in [0.717, 1.165) is 44.3 Å². The lowest BCUT2D eigenvalue weighted by Gasteiger charge is -2.26. The van der Waals surface area contributed by atoms with Crippen LogP contribution in [0, 0.1) is 0 Å². The molecule has 0 radical (unpaired) electrons. The van der Waals surface area contributed by atoms with Gasteiger partial charge in [-0.05, 0) is 37.1 Å². The van der Waals surface area contributed by atoms with Gasteiger partial charge in [-0.1, -0.05) is 38.8 Å². The molecule has 0 atom stereocenters. The van der Waals surface area contributed by atoms with Crippen molar-refractivity contribution in [2.75, 3.05) is 13.1 Å². The second kappa shape index (κ2) is 7.38. The van der Waals surface area contributed by atoms with Gasteiger partial charge in [-0.15, -0.1) is 0 Å². The van der Waals surface area contributed by atoms with Gasteiger partial charge in [-0.2, -0.15) is 4.31 Å². The van der Waals surface area contributed by atoms with E-state index in [4.69, 9.17) is 0 Å². The average Bonchev–Trinajstić information content (AvgIpc) is 3.00. The summed E-state index contributed by atoms with van der Waals surface area (Å²) in [6, 6.07) is 7.45. The second-order valence-corrected chi connectivity index (χ2v) is 7.46. The maximum absolute atomic E-state index is 12.8. The third kappa shape index (κ3) is 3.84. The summed E-state index contributed by atoms with van der Waals surface area (Å²) in [5, 5.41) is 3.24. The molecule has 4 nitrogen and oxygen atoms in total. The van der Waals surface area contributed by atoms with E-state index in [2.05, 4.69) is 12.2 Å². The van der Waals surface area contributed by atoms with Gasteiger partial charge in [-0.3, -0.25) is 0 Å². The monoisotopic (exact) mass is 310 g/mol. The Morgan fingerprint density at radius 2 is 1.76 bits per heavy atom. The summed E-state index contributed by atoms with van der Waals surface area (Å²) < 4.78 is 27.3. The predicted molar refractivity (Wildman–Crippen MR) is 85.6 cm³/mol. The number of hydrogen-bond donors (Lipinski definition) is 1. The zero-order valence-electron chi connectivity index (χ0n) is 13.0. The molecule has 0 saturated heterocycles. The van der Waals surface area contributed by atoms with Gasteiger partial charge in [0.25, 0.3) is 0 Å². The van der Waals surface area contributed by atoms with Gasteiger partial charge in [0.1, 0.15) is 0 Å². The van der Waals surface area contributed by atoms with Gasteiger partial charge in [0, 0.05) is 19.1 Å². The molecule has 1 aromatic rings. The standard InChI is InChI=1S/C16H26N2O2S/c1-3-17-13-14-9-11-16(12-10-14)21(19,20)18(4-2)15-7-5-6-8-15/h9-12,15,17H,3-8,13H2,1-2H3. The van der Waals surface area contributed by atoms with Crippen molar-refractivity contribution in [3.63, 3.8) is 0 Å². The molecule has 1 saturated carbocycles. The lowest BCUT2D eigenvalue weighted by atomic mass is 10.2. The summed E-state index contributed by atoms with van der Waals surface area (Å²) in [4.78, 5) is 0.413. The summed E-state index contributed by atoms with van der Waals surface area (Å²) in [7, 11) is -3.36. The van der Waals surface area contributed by atoms with Crippen molar-refractivity contribution < 1.29 is 8.42 Å². The summed E-state index contributed by atoms with van der Waals surface area (Å²) in [6.45, 7) is 6.21. The van der Waals surface area contributed by atoms with E-state index in [-0.39, 0.29) is 6.04 Å². The highest BCUT2D eigenvalue weighted by atomic mass is 32.2. The van der Waals surface area contributed by atoms with Crippen molar-refractivity contribution in [2.24, 2.45) is 0 Å². The first-order valence-electron chi connectivity index (χ1n) is 7.91. The molecule has 1 aromatic carbocycles. The molecule has 5 heteroatoms. The van der Waals surface area contributed by atoms with Crippen LogP contribution in [0.15, 0.2) is 29.2 Å². The highest BCUT2D eigenvalue weighted by Gasteiger charge is 2.31. The van der Waals surface area contributed by atoms with Crippen LogP contribution in [0.3, 0.4) is 0 Å². The highest BCUT2D eigenvalue weighted by Crippen LogP contribution is 2.28. The normalized spacial score (nSPS) is 16.7. The number of nitrogens with zero attached hydrogens (tertiary/aromatic N) is 1. The van der Waals surface area contributed by atoms with E-state index < -0.39 is 10.0 Å². The van der Waals surface area contributed by atoms with Crippen LogP contribution in [-0.2, 0) is 16.6 Å². The van der Waals surface area contributed by atoms with Crippen LogP contribution in [0.2, 0.25) is 0 Å². The number of rotatable bonds is 7. The first kappa shape index (κ1) is 16.5. The maximum atomic E-state index is 12.8. The van der Waals surface area contributed by atoms with Crippen LogP contribution in [0.1, 0.15) is 45.1 Å². The molecule has 0 unspecified atom stereocenters. The molecule has 0 amide bonds. The molecule has 1 aliphatic rings. The quantitative estimate of drug-likeness (QED) is 0.842. The van der Waals surface area contributed by atoms with Crippen LogP contribution in [-0.4, -0.2) is 31.9 Å². The van der Waals surface area contributed by atoms with Gasteiger partial charge in [0.05, 0.1) is 4.90 Å². The van der Waals surface area contributed by atoms with Crippen molar-refractivity contribution in [3.8, 4) is 0 Å². The van der Waals surface area contributed by atoms with E-state index in [1.807, 2.05) is 19.1 Å². The fourth-order valence-electron chi connectivity index (χ4n) is 3.00. The molecule has 1 fully saturated rings. The predicted octanol–water partition coefficient (Wildman–Crippen LogP) is 2.75. The molecule has 1 aliphatic carbocycles. The molecule has 0 bridgehead atoms. The average molecular weight is 310 g/mol. The molecule has 21 heavy (non-hydrogen) atoms. The smallest absolute Gasteiger partial charge is 0.243 e. The van der Waals surface area contributed by atoms with E-state index in [9.17, 15) is 8.42 Å². The summed E-state index contributed by atoms with van der Waals surface area (Å²) >= 11 is 0. The fraction of sp³-hybridized carbons (Fsp3) is 0.625. The van der Waals surface area contributed by atoms with Crippen molar-refractivity contribution in [2.45, 2.75) is 57.0 Å². The molecule has 0 heterocycles. The molecule has 2 rings (SSSR count). The van der Waals surface area contributed by atoms with Crippen LogP contribution >= 0.6 is 0 Å².